The minimum Gasteiger partial charge on any atom is -0.385 e. The Morgan fingerprint density at radius 1 is 1.14 bits per heavy atom. The maximum Gasteiger partial charge on any atom is 0.0406 e. The minimum absolute atomic E-state index is 0.797. The van der Waals surface area contributed by atoms with Gasteiger partial charge >= 0.3 is 0 Å². The molecule has 1 aliphatic heterocycles. The lowest BCUT2D eigenvalue weighted by Crippen LogP contribution is -2.24. The summed E-state index contributed by atoms with van der Waals surface area (Å²) >= 11 is 5.90. The highest BCUT2D eigenvalue weighted by molar-refractivity contribution is 6.30. The highest BCUT2D eigenvalue weighted by Crippen LogP contribution is 2.28. The molecule has 0 spiro atoms. The fourth-order valence-corrected chi connectivity index (χ4v) is 3.02. The van der Waals surface area contributed by atoms with Crippen LogP contribution in [0.15, 0.2) is 42.5 Å². The van der Waals surface area contributed by atoms with E-state index in [0.717, 1.165) is 24.5 Å². The molecule has 2 nitrogen and oxygen atoms in total. The van der Waals surface area contributed by atoms with Crippen molar-refractivity contribution in [1.82, 2.24) is 0 Å². The van der Waals surface area contributed by atoms with Crippen molar-refractivity contribution >= 4 is 23.0 Å². The van der Waals surface area contributed by atoms with E-state index in [9.17, 15) is 0 Å². The van der Waals surface area contributed by atoms with E-state index in [1.165, 1.54) is 35.3 Å². The van der Waals surface area contributed by atoms with E-state index in [2.05, 4.69) is 47.6 Å². The molecule has 0 amide bonds. The van der Waals surface area contributed by atoms with Gasteiger partial charge in [0.25, 0.3) is 0 Å². The van der Waals surface area contributed by atoms with Crippen molar-refractivity contribution in [3.63, 3.8) is 0 Å². The molecule has 2 aromatic carbocycles. The standard InChI is InChI=1S/C18H21ClN2/c1-21-12-2-3-15-13-17(8-9-18(15)21)20-11-10-14-4-6-16(19)7-5-14/h4-9,13,20H,2-3,10-12H2,1H3. The van der Waals surface area contributed by atoms with E-state index in [0.29, 0.717) is 0 Å². The fraction of sp³-hybridized carbons (Fsp3) is 0.333. The summed E-state index contributed by atoms with van der Waals surface area (Å²) in [6.45, 7) is 2.10. The predicted octanol–water partition coefficient (Wildman–Crippen LogP) is 4.38. The summed E-state index contributed by atoms with van der Waals surface area (Å²) < 4.78 is 0. The fourth-order valence-electron chi connectivity index (χ4n) is 2.90. The molecule has 3 heteroatoms. The van der Waals surface area contributed by atoms with E-state index in [1.807, 2.05) is 12.1 Å². The quantitative estimate of drug-likeness (QED) is 0.901. The summed E-state index contributed by atoms with van der Waals surface area (Å²) in [5.74, 6) is 0. The average Bonchev–Trinajstić information content (AvgIpc) is 2.49. The monoisotopic (exact) mass is 300 g/mol. The zero-order valence-electron chi connectivity index (χ0n) is 12.4. The molecule has 21 heavy (non-hydrogen) atoms. The van der Waals surface area contributed by atoms with Gasteiger partial charge in [0.1, 0.15) is 0 Å². The SMILES string of the molecule is CN1CCCc2cc(NCCc3ccc(Cl)cc3)ccc21. The van der Waals surface area contributed by atoms with Gasteiger partial charge in [0, 0.05) is 36.5 Å². The highest BCUT2D eigenvalue weighted by Gasteiger charge is 2.13. The number of nitrogens with zero attached hydrogens (tertiary/aromatic N) is 1. The normalized spacial score (nSPS) is 13.9. The van der Waals surface area contributed by atoms with Crippen LogP contribution in [0, 0.1) is 0 Å². The van der Waals surface area contributed by atoms with Crippen LogP contribution in [0.4, 0.5) is 11.4 Å². The van der Waals surface area contributed by atoms with Gasteiger partial charge in [0.05, 0.1) is 0 Å². The van der Waals surface area contributed by atoms with Gasteiger partial charge < -0.3 is 10.2 Å². The lowest BCUT2D eigenvalue weighted by molar-refractivity contribution is 0.744. The van der Waals surface area contributed by atoms with Crippen LogP contribution >= 0.6 is 11.6 Å². The molecular formula is C18H21ClN2. The first-order chi connectivity index (χ1) is 10.2. The third kappa shape index (κ3) is 3.51. The van der Waals surface area contributed by atoms with Gasteiger partial charge in [-0.25, -0.2) is 0 Å². The van der Waals surface area contributed by atoms with Gasteiger partial charge in [0.15, 0.2) is 0 Å². The Kier molecular flexibility index (Phi) is 4.35. The van der Waals surface area contributed by atoms with Crippen LogP contribution in [0.5, 0.6) is 0 Å². The summed E-state index contributed by atoms with van der Waals surface area (Å²) in [4.78, 5) is 2.34. The third-order valence-electron chi connectivity index (χ3n) is 4.09. The van der Waals surface area contributed by atoms with E-state index < -0.39 is 0 Å². The molecule has 1 aliphatic rings. The summed E-state index contributed by atoms with van der Waals surface area (Å²) in [7, 11) is 2.17. The predicted molar refractivity (Wildman–Crippen MR) is 91.7 cm³/mol. The van der Waals surface area contributed by atoms with Crippen LogP contribution in [0.3, 0.4) is 0 Å². The smallest absolute Gasteiger partial charge is 0.0406 e. The Bertz CT molecular complexity index is 607. The Morgan fingerprint density at radius 2 is 1.95 bits per heavy atom. The summed E-state index contributed by atoms with van der Waals surface area (Å²) in [5, 5.41) is 4.32. The molecule has 0 atom stereocenters. The molecule has 0 bridgehead atoms. The second kappa shape index (κ2) is 6.40. The molecule has 1 heterocycles. The van der Waals surface area contributed by atoms with Crippen LogP contribution in [-0.2, 0) is 12.8 Å². The number of aryl methyl sites for hydroxylation is 1. The third-order valence-corrected chi connectivity index (χ3v) is 4.34. The zero-order valence-corrected chi connectivity index (χ0v) is 13.2. The Morgan fingerprint density at radius 3 is 2.76 bits per heavy atom. The molecule has 0 fully saturated rings. The van der Waals surface area contributed by atoms with Crippen molar-refractivity contribution < 1.29 is 0 Å². The number of benzene rings is 2. The number of anilines is 2. The molecule has 2 aromatic rings. The van der Waals surface area contributed by atoms with Gasteiger partial charge in [0.2, 0.25) is 0 Å². The van der Waals surface area contributed by atoms with Crippen molar-refractivity contribution in [2.75, 3.05) is 30.4 Å². The van der Waals surface area contributed by atoms with E-state index in [-0.39, 0.29) is 0 Å². The number of fused-ring (bicyclic) bond motifs is 1. The van der Waals surface area contributed by atoms with Gasteiger partial charge in [-0.05, 0) is 60.7 Å². The van der Waals surface area contributed by atoms with Crippen LogP contribution in [0.25, 0.3) is 0 Å². The van der Waals surface area contributed by atoms with Gasteiger partial charge in [-0.1, -0.05) is 23.7 Å². The van der Waals surface area contributed by atoms with Crippen molar-refractivity contribution in [1.29, 1.82) is 0 Å². The molecule has 0 saturated heterocycles. The van der Waals surface area contributed by atoms with Crippen molar-refractivity contribution in [2.24, 2.45) is 0 Å². The summed E-state index contributed by atoms with van der Waals surface area (Å²) in [6.07, 6.45) is 3.44. The van der Waals surface area contributed by atoms with E-state index in [1.54, 1.807) is 0 Å². The number of nitrogens with one attached hydrogen (secondary N) is 1. The van der Waals surface area contributed by atoms with Gasteiger partial charge in [-0.2, -0.15) is 0 Å². The second-order valence-electron chi connectivity index (χ2n) is 5.67. The lowest BCUT2D eigenvalue weighted by Gasteiger charge is -2.28. The van der Waals surface area contributed by atoms with Crippen LogP contribution < -0.4 is 10.2 Å². The van der Waals surface area contributed by atoms with E-state index in [4.69, 9.17) is 11.6 Å². The van der Waals surface area contributed by atoms with Gasteiger partial charge in [-0.15, -0.1) is 0 Å². The minimum atomic E-state index is 0.797. The number of halogens is 1. The maximum atomic E-state index is 5.90. The Balaban J connectivity index is 1.59. The molecule has 110 valence electrons. The van der Waals surface area contributed by atoms with Crippen molar-refractivity contribution in [3.8, 4) is 0 Å². The lowest BCUT2D eigenvalue weighted by atomic mass is 10.0. The molecule has 0 aliphatic carbocycles. The Hall–Kier alpha value is -1.67. The molecule has 3 rings (SSSR count). The molecular weight excluding hydrogens is 280 g/mol. The Labute approximate surface area is 131 Å². The first-order valence-corrected chi connectivity index (χ1v) is 7.92. The maximum absolute atomic E-state index is 5.90. The molecule has 0 saturated carbocycles. The van der Waals surface area contributed by atoms with Gasteiger partial charge in [-0.3, -0.25) is 0 Å². The first-order valence-electron chi connectivity index (χ1n) is 7.55. The average molecular weight is 301 g/mol. The summed E-state index contributed by atoms with van der Waals surface area (Å²) in [6, 6.07) is 14.8. The number of hydrogen-bond acceptors (Lipinski definition) is 2. The highest BCUT2D eigenvalue weighted by atomic mass is 35.5. The topological polar surface area (TPSA) is 15.3 Å². The molecule has 0 radical (unpaired) electrons. The van der Waals surface area contributed by atoms with Crippen LogP contribution in [0.2, 0.25) is 5.02 Å². The number of hydrogen-bond donors (Lipinski definition) is 1. The van der Waals surface area contributed by atoms with E-state index >= 15 is 0 Å². The van der Waals surface area contributed by atoms with Crippen LogP contribution in [0.1, 0.15) is 17.5 Å². The first kappa shape index (κ1) is 14.3. The molecule has 0 unspecified atom stereocenters. The molecule has 1 N–H and O–H groups in total. The zero-order chi connectivity index (χ0) is 14.7. The largest absolute Gasteiger partial charge is 0.385 e. The summed E-state index contributed by atoms with van der Waals surface area (Å²) in [5.41, 5.74) is 5.37. The molecule has 0 aromatic heterocycles. The van der Waals surface area contributed by atoms with Crippen LogP contribution in [-0.4, -0.2) is 20.1 Å². The van der Waals surface area contributed by atoms with Crippen molar-refractivity contribution in [2.45, 2.75) is 19.3 Å². The van der Waals surface area contributed by atoms with Crippen molar-refractivity contribution in [3.05, 3.63) is 58.6 Å². The second-order valence-corrected chi connectivity index (χ2v) is 6.11. The number of rotatable bonds is 4.